The van der Waals surface area contributed by atoms with E-state index in [-0.39, 0.29) is 25.0 Å². The Labute approximate surface area is 206 Å². The van der Waals surface area contributed by atoms with E-state index in [4.69, 9.17) is 9.47 Å². The van der Waals surface area contributed by atoms with Crippen LogP contribution in [0.4, 0.5) is 10.1 Å². The summed E-state index contributed by atoms with van der Waals surface area (Å²) in [6.45, 7) is 7.90. The van der Waals surface area contributed by atoms with Crippen LogP contribution < -0.4 is 10.2 Å². The maximum Gasteiger partial charge on any atom is 0.350 e. The average molecular weight is 502 g/mol. The molecule has 0 atom stereocenters. The first-order valence-corrected chi connectivity index (χ1v) is 12.5. The van der Waals surface area contributed by atoms with Gasteiger partial charge < -0.3 is 14.8 Å². The van der Waals surface area contributed by atoms with E-state index in [1.54, 1.807) is 25.7 Å². The van der Waals surface area contributed by atoms with Crippen LogP contribution in [-0.4, -0.2) is 42.6 Å². The zero-order valence-corrected chi connectivity index (χ0v) is 21.2. The highest BCUT2D eigenvalue weighted by atomic mass is 32.1. The van der Waals surface area contributed by atoms with Crippen LogP contribution in [0.15, 0.2) is 36.4 Å². The molecule has 0 aliphatic carbocycles. The fraction of sp³-hybridized carbons (Fsp3) is 0.333. The van der Waals surface area contributed by atoms with Crippen molar-refractivity contribution in [3.63, 3.8) is 0 Å². The summed E-state index contributed by atoms with van der Waals surface area (Å²) in [4.78, 5) is 44.6. The van der Waals surface area contributed by atoms with Crippen molar-refractivity contribution in [1.29, 1.82) is 0 Å². The average Bonchev–Trinajstić information content (AvgIpc) is 3.39. The molecule has 0 unspecified atom stereocenters. The predicted molar refractivity (Wildman–Crippen MR) is 134 cm³/mol. The SMILES string of the molecule is CCOC(=O)c1sc(NCC(=O)N(Cc2ccccc2)c2nc(C)c(C(=O)OCC)s2)cc1C. The number of thiazole rings is 1. The number of aryl methyl sites for hydroxylation is 2. The minimum Gasteiger partial charge on any atom is -0.462 e. The van der Waals surface area contributed by atoms with Gasteiger partial charge in [-0.2, -0.15) is 0 Å². The van der Waals surface area contributed by atoms with Crippen LogP contribution in [-0.2, 0) is 20.8 Å². The van der Waals surface area contributed by atoms with Gasteiger partial charge in [-0.1, -0.05) is 41.7 Å². The van der Waals surface area contributed by atoms with Crippen LogP contribution >= 0.6 is 22.7 Å². The second-order valence-corrected chi connectivity index (χ2v) is 9.32. The summed E-state index contributed by atoms with van der Waals surface area (Å²) in [5.41, 5.74) is 2.23. The van der Waals surface area contributed by atoms with Crippen molar-refractivity contribution >= 4 is 50.7 Å². The monoisotopic (exact) mass is 501 g/mol. The predicted octanol–water partition coefficient (Wildman–Crippen LogP) is 4.82. The number of anilines is 2. The number of nitrogens with zero attached hydrogens (tertiary/aromatic N) is 2. The first kappa shape index (κ1) is 25.4. The number of rotatable bonds is 10. The van der Waals surface area contributed by atoms with Gasteiger partial charge in [-0.3, -0.25) is 9.69 Å². The number of carbonyl (C=O) groups excluding carboxylic acids is 3. The van der Waals surface area contributed by atoms with Crippen molar-refractivity contribution in [3.05, 3.63) is 63.0 Å². The molecule has 2 aromatic heterocycles. The molecule has 0 fully saturated rings. The van der Waals surface area contributed by atoms with Crippen molar-refractivity contribution in [2.45, 2.75) is 34.2 Å². The first-order valence-electron chi connectivity index (χ1n) is 10.8. The van der Waals surface area contributed by atoms with Crippen molar-refractivity contribution in [3.8, 4) is 0 Å². The Hall–Kier alpha value is -3.24. The Balaban J connectivity index is 1.81. The molecular formula is C24H27N3O5S2. The summed E-state index contributed by atoms with van der Waals surface area (Å²) < 4.78 is 10.2. The Bertz CT molecular complexity index is 1160. The second-order valence-electron chi connectivity index (χ2n) is 7.29. The molecule has 180 valence electrons. The highest BCUT2D eigenvalue weighted by Gasteiger charge is 2.24. The molecule has 1 aromatic carbocycles. The number of hydrogen-bond acceptors (Lipinski definition) is 9. The highest BCUT2D eigenvalue weighted by molar-refractivity contribution is 7.18. The Morgan fingerprint density at radius 1 is 0.971 bits per heavy atom. The summed E-state index contributed by atoms with van der Waals surface area (Å²) >= 11 is 2.38. The Kier molecular flexibility index (Phi) is 8.78. The van der Waals surface area contributed by atoms with E-state index in [2.05, 4.69) is 10.3 Å². The molecule has 1 amide bonds. The summed E-state index contributed by atoms with van der Waals surface area (Å²) in [5.74, 6) is -1.05. The number of ether oxygens (including phenoxy) is 2. The normalized spacial score (nSPS) is 10.6. The van der Waals surface area contributed by atoms with Gasteiger partial charge in [0.15, 0.2) is 5.13 Å². The van der Waals surface area contributed by atoms with Crippen LogP contribution in [0.1, 0.15) is 50.0 Å². The Morgan fingerprint density at radius 3 is 2.26 bits per heavy atom. The lowest BCUT2D eigenvalue weighted by atomic mass is 10.2. The highest BCUT2D eigenvalue weighted by Crippen LogP contribution is 2.30. The minimum atomic E-state index is -0.449. The van der Waals surface area contributed by atoms with Crippen LogP contribution in [0.5, 0.6) is 0 Å². The standard InChI is InChI=1S/C24H27N3O5S2/c1-5-31-22(29)20-15(3)12-18(33-20)25-13-19(28)27(14-17-10-8-7-9-11-17)24-26-16(4)21(34-24)23(30)32-6-2/h7-12,25H,5-6,13-14H2,1-4H3. The van der Waals surface area contributed by atoms with Crippen LogP contribution in [0.3, 0.4) is 0 Å². The van der Waals surface area contributed by atoms with E-state index in [9.17, 15) is 14.4 Å². The second kappa shape index (κ2) is 11.8. The van der Waals surface area contributed by atoms with Gasteiger partial charge in [0.1, 0.15) is 9.75 Å². The smallest absolute Gasteiger partial charge is 0.350 e. The molecule has 0 aliphatic rings. The molecule has 0 aliphatic heterocycles. The largest absolute Gasteiger partial charge is 0.462 e. The zero-order valence-electron chi connectivity index (χ0n) is 19.5. The van der Waals surface area contributed by atoms with Crippen molar-refractivity contribution in [1.82, 2.24) is 4.98 Å². The van der Waals surface area contributed by atoms with Gasteiger partial charge in [-0.25, -0.2) is 14.6 Å². The number of hydrogen-bond donors (Lipinski definition) is 1. The van der Waals surface area contributed by atoms with E-state index in [0.717, 1.165) is 22.5 Å². The van der Waals surface area contributed by atoms with Crippen LogP contribution in [0.25, 0.3) is 0 Å². The topological polar surface area (TPSA) is 97.8 Å². The van der Waals surface area contributed by atoms with Gasteiger partial charge in [-0.05, 0) is 44.9 Å². The van der Waals surface area contributed by atoms with Gasteiger partial charge >= 0.3 is 11.9 Å². The lowest BCUT2D eigenvalue weighted by Gasteiger charge is -2.20. The molecule has 3 rings (SSSR count). The molecule has 10 heteroatoms. The first-order chi connectivity index (χ1) is 16.3. The van der Waals surface area contributed by atoms with E-state index < -0.39 is 5.97 Å². The van der Waals surface area contributed by atoms with E-state index >= 15 is 0 Å². The maximum atomic E-state index is 13.3. The number of benzene rings is 1. The summed E-state index contributed by atoms with van der Waals surface area (Å²) in [5, 5.41) is 4.22. The van der Waals surface area contributed by atoms with Crippen molar-refractivity contribution in [2.75, 3.05) is 30.0 Å². The molecule has 0 spiro atoms. The quantitative estimate of drug-likeness (QED) is 0.398. The molecular weight excluding hydrogens is 474 g/mol. The molecule has 2 heterocycles. The third kappa shape index (κ3) is 6.21. The molecule has 0 saturated heterocycles. The molecule has 1 N–H and O–H groups in total. The Morgan fingerprint density at radius 2 is 1.62 bits per heavy atom. The number of thiophene rings is 1. The number of amides is 1. The number of esters is 2. The number of carbonyl (C=O) groups is 3. The van der Waals surface area contributed by atoms with Gasteiger partial charge in [0, 0.05) is 0 Å². The molecule has 3 aromatic rings. The van der Waals surface area contributed by atoms with Gasteiger partial charge in [0.2, 0.25) is 5.91 Å². The molecule has 0 radical (unpaired) electrons. The van der Waals surface area contributed by atoms with Crippen LogP contribution in [0, 0.1) is 13.8 Å². The van der Waals surface area contributed by atoms with Crippen molar-refractivity contribution < 1.29 is 23.9 Å². The van der Waals surface area contributed by atoms with Gasteiger partial charge in [0.25, 0.3) is 0 Å². The molecule has 0 saturated carbocycles. The summed E-state index contributed by atoms with van der Waals surface area (Å²) in [6, 6.07) is 11.4. The van der Waals surface area contributed by atoms with E-state index in [0.29, 0.717) is 38.7 Å². The lowest BCUT2D eigenvalue weighted by Crippen LogP contribution is -2.35. The zero-order chi connectivity index (χ0) is 24.7. The minimum absolute atomic E-state index is 0.0115. The lowest BCUT2D eigenvalue weighted by molar-refractivity contribution is -0.117. The van der Waals surface area contributed by atoms with E-state index in [1.807, 2.05) is 43.3 Å². The summed E-state index contributed by atoms with van der Waals surface area (Å²) in [6.07, 6.45) is 0. The maximum absolute atomic E-state index is 13.3. The summed E-state index contributed by atoms with van der Waals surface area (Å²) in [7, 11) is 0. The van der Waals surface area contributed by atoms with Gasteiger partial charge in [-0.15, -0.1) is 11.3 Å². The van der Waals surface area contributed by atoms with E-state index in [1.165, 1.54) is 11.3 Å². The molecule has 0 bridgehead atoms. The third-order valence-electron chi connectivity index (χ3n) is 4.75. The molecule has 8 nitrogen and oxygen atoms in total. The number of nitrogens with one attached hydrogen (secondary N) is 1. The van der Waals surface area contributed by atoms with Gasteiger partial charge in [0.05, 0.1) is 37.0 Å². The van der Waals surface area contributed by atoms with Crippen LogP contribution in [0.2, 0.25) is 0 Å². The van der Waals surface area contributed by atoms with Crippen molar-refractivity contribution in [2.24, 2.45) is 0 Å². The number of aromatic nitrogens is 1. The fourth-order valence-electron chi connectivity index (χ4n) is 3.14. The third-order valence-corrected chi connectivity index (χ3v) is 7.09. The molecule has 34 heavy (non-hydrogen) atoms. The fourth-order valence-corrected chi connectivity index (χ4v) is 5.08.